The molecule has 0 atom stereocenters. The van der Waals surface area contributed by atoms with Gasteiger partial charge in [0.25, 0.3) is 5.56 Å². The second-order valence-corrected chi connectivity index (χ2v) is 4.83. The van der Waals surface area contributed by atoms with Gasteiger partial charge in [0.2, 0.25) is 0 Å². The fourth-order valence-electron chi connectivity index (χ4n) is 2.26. The summed E-state index contributed by atoms with van der Waals surface area (Å²) in [5.41, 5.74) is 0.221. The van der Waals surface area contributed by atoms with Crippen LogP contribution >= 0.6 is 0 Å². The monoisotopic (exact) mass is 283 g/mol. The van der Waals surface area contributed by atoms with Gasteiger partial charge in [-0.05, 0) is 35.9 Å². The molecule has 3 aromatic rings. The zero-order chi connectivity index (χ0) is 14.8. The minimum atomic E-state index is -0.656. The first kappa shape index (κ1) is 13.1. The topological polar surface area (TPSA) is 98.6 Å². The van der Waals surface area contributed by atoms with Crippen molar-refractivity contribution in [3.63, 3.8) is 0 Å². The van der Waals surface area contributed by atoms with Gasteiger partial charge in [0.05, 0.1) is 0 Å². The average molecular weight is 283 g/mol. The zero-order valence-electron chi connectivity index (χ0n) is 11.1. The SMILES string of the molecule is O=c1[nH]cc(CCc2ccc3cc[nH]c(=O)c3c2)[nH]c1=O. The Morgan fingerprint density at radius 2 is 1.71 bits per heavy atom. The van der Waals surface area contributed by atoms with E-state index in [4.69, 9.17) is 0 Å². The van der Waals surface area contributed by atoms with E-state index in [2.05, 4.69) is 15.0 Å². The summed E-state index contributed by atoms with van der Waals surface area (Å²) in [5.74, 6) is 0. The number of pyridine rings is 1. The summed E-state index contributed by atoms with van der Waals surface area (Å²) >= 11 is 0. The van der Waals surface area contributed by atoms with Crippen molar-refractivity contribution < 1.29 is 0 Å². The highest BCUT2D eigenvalue weighted by Crippen LogP contribution is 2.13. The van der Waals surface area contributed by atoms with Gasteiger partial charge in [-0.1, -0.05) is 12.1 Å². The Bertz CT molecular complexity index is 966. The lowest BCUT2D eigenvalue weighted by Gasteiger charge is -2.03. The van der Waals surface area contributed by atoms with Crippen molar-refractivity contribution in [1.29, 1.82) is 0 Å². The number of hydrogen-bond acceptors (Lipinski definition) is 3. The van der Waals surface area contributed by atoms with E-state index in [1.807, 2.05) is 24.3 Å². The molecule has 0 fully saturated rings. The van der Waals surface area contributed by atoms with Crippen molar-refractivity contribution in [3.8, 4) is 0 Å². The fraction of sp³-hybridized carbons (Fsp3) is 0.133. The van der Waals surface area contributed by atoms with Crippen molar-refractivity contribution in [2.45, 2.75) is 12.8 Å². The molecule has 3 N–H and O–H groups in total. The summed E-state index contributed by atoms with van der Waals surface area (Å²) < 4.78 is 0. The molecule has 0 bridgehead atoms. The first-order valence-corrected chi connectivity index (χ1v) is 6.55. The first-order valence-electron chi connectivity index (χ1n) is 6.55. The number of H-pyrrole nitrogens is 3. The van der Waals surface area contributed by atoms with Gasteiger partial charge in [-0.2, -0.15) is 0 Å². The number of aromatic amines is 3. The lowest BCUT2D eigenvalue weighted by atomic mass is 10.0. The summed E-state index contributed by atoms with van der Waals surface area (Å²) in [7, 11) is 0. The van der Waals surface area contributed by atoms with Crippen LogP contribution in [0, 0.1) is 0 Å². The molecule has 1 aromatic carbocycles. The summed E-state index contributed by atoms with van der Waals surface area (Å²) in [5, 5.41) is 1.53. The van der Waals surface area contributed by atoms with E-state index >= 15 is 0 Å². The smallest absolute Gasteiger partial charge is 0.313 e. The van der Waals surface area contributed by atoms with Crippen LogP contribution in [0.25, 0.3) is 10.8 Å². The molecule has 3 rings (SSSR count). The van der Waals surface area contributed by atoms with E-state index in [1.165, 1.54) is 6.20 Å². The minimum absolute atomic E-state index is 0.119. The number of aromatic nitrogens is 3. The third-order valence-electron chi connectivity index (χ3n) is 3.38. The van der Waals surface area contributed by atoms with Crippen molar-refractivity contribution in [1.82, 2.24) is 15.0 Å². The summed E-state index contributed by atoms with van der Waals surface area (Å²) in [4.78, 5) is 41.5. The molecule has 0 spiro atoms. The third-order valence-corrected chi connectivity index (χ3v) is 3.38. The standard InChI is InChI=1S/C15H13N3O3/c19-13-12-7-9(1-3-10(12)5-6-16-13)2-4-11-8-17-14(20)15(21)18-11/h1,3,5-8H,2,4H2,(H,16,19)(H,17,20)(H,18,21). The maximum absolute atomic E-state index is 11.7. The van der Waals surface area contributed by atoms with Crippen LogP contribution in [-0.2, 0) is 12.8 Å². The Morgan fingerprint density at radius 3 is 2.52 bits per heavy atom. The van der Waals surface area contributed by atoms with Gasteiger partial charge in [0, 0.05) is 23.5 Å². The average Bonchev–Trinajstić information content (AvgIpc) is 2.49. The summed E-state index contributed by atoms with van der Waals surface area (Å²) in [6.45, 7) is 0. The number of hydrogen-bond donors (Lipinski definition) is 3. The number of fused-ring (bicyclic) bond motifs is 1. The predicted octanol–water partition coefficient (Wildman–Crippen LogP) is 0.690. The van der Waals surface area contributed by atoms with Crippen molar-refractivity contribution >= 4 is 10.8 Å². The molecule has 2 heterocycles. The van der Waals surface area contributed by atoms with Crippen LogP contribution in [0.5, 0.6) is 0 Å². The lowest BCUT2D eigenvalue weighted by molar-refractivity contribution is 0.877. The lowest BCUT2D eigenvalue weighted by Crippen LogP contribution is -2.29. The van der Waals surface area contributed by atoms with E-state index < -0.39 is 11.1 Å². The minimum Gasteiger partial charge on any atom is -0.329 e. The van der Waals surface area contributed by atoms with Gasteiger partial charge in [0.1, 0.15) is 0 Å². The van der Waals surface area contributed by atoms with E-state index in [1.54, 1.807) is 6.20 Å². The first-order chi connectivity index (χ1) is 10.1. The number of benzene rings is 1. The second kappa shape index (κ2) is 5.24. The maximum atomic E-state index is 11.7. The van der Waals surface area contributed by atoms with E-state index in [9.17, 15) is 14.4 Å². The van der Waals surface area contributed by atoms with Crippen LogP contribution in [0.2, 0.25) is 0 Å². The predicted molar refractivity (Wildman–Crippen MR) is 79.7 cm³/mol. The van der Waals surface area contributed by atoms with Gasteiger partial charge in [-0.25, -0.2) is 0 Å². The molecular weight excluding hydrogens is 270 g/mol. The molecule has 106 valence electrons. The Morgan fingerprint density at radius 1 is 0.857 bits per heavy atom. The van der Waals surface area contributed by atoms with E-state index in [0.717, 1.165) is 10.9 Å². The summed E-state index contributed by atoms with van der Waals surface area (Å²) in [6, 6.07) is 7.54. The van der Waals surface area contributed by atoms with Crippen LogP contribution in [0.1, 0.15) is 11.3 Å². The largest absolute Gasteiger partial charge is 0.329 e. The molecule has 0 saturated heterocycles. The van der Waals surface area contributed by atoms with Crippen LogP contribution in [0.4, 0.5) is 0 Å². The molecule has 0 aliphatic heterocycles. The quantitative estimate of drug-likeness (QED) is 0.617. The highest BCUT2D eigenvalue weighted by molar-refractivity contribution is 5.81. The van der Waals surface area contributed by atoms with Gasteiger partial charge in [0.15, 0.2) is 0 Å². The number of nitrogens with one attached hydrogen (secondary N) is 3. The highest BCUT2D eigenvalue weighted by Gasteiger charge is 2.02. The molecule has 0 radical (unpaired) electrons. The Balaban J connectivity index is 1.86. The van der Waals surface area contributed by atoms with Crippen LogP contribution in [0.15, 0.2) is 51.0 Å². The molecular formula is C15H13N3O3. The van der Waals surface area contributed by atoms with E-state index in [-0.39, 0.29) is 5.56 Å². The third kappa shape index (κ3) is 2.69. The maximum Gasteiger partial charge on any atom is 0.313 e. The van der Waals surface area contributed by atoms with Crippen LogP contribution in [-0.4, -0.2) is 15.0 Å². The number of aryl methyl sites for hydroxylation is 2. The fourth-order valence-corrected chi connectivity index (χ4v) is 2.26. The molecule has 0 unspecified atom stereocenters. The van der Waals surface area contributed by atoms with Gasteiger partial charge >= 0.3 is 11.1 Å². The normalized spacial score (nSPS) is 10.9. The van der Waals surface area contributed by atoms with Crippen molar-refractivity contribution in [2.24, 2.45) is 0 Å². The van der Waals surface area contributed by atoms with Crippen molar-refractivity contribution in [3.05, 3.63) is 79.0 Å². The Hall–Kier alpha value is -2.89. The molecule has 2 aromatic heterocycles. The van der Waals surface area contributed by atoms with Crippen LogP contribution < -0.4 is 16.7 Å². The molecule has 0 aliphatic rings. The molecule has 0 saturated carbocycles. The Kier molecular flexibility index (Phi) is 3.27. The number of rotatable bonds is 3. The second-order valence-electron chi connectivity index (χ2n) is 4.83. The molecule has 6 nitrogen and oxygen atoms in total. The molecule has 6 heteroatoms. The molecule has 0 amide bonds. The van der Waals surface area contributed by atoms with Gasteiger partial charge in [-0.3, -0.25) is 14.4 Å². The Labute approximate surface area is 118 Å². The summed E-state index contributed by atoms with van der Waals surface area (Å²) in [6.07, 6.45) is 4.35. The van der Waals surface area contributed by atoms with Crippen LogP contribution in [0.3, 0.4) is 0 Å². The van der Waals surface area contributed by atoms with Gasteiger partial charge in [-0.15, -0.1) is 0 Å². The van der Waals surface area contributed by atoms with Crippen molar-refractivity contribution in [2.75, 3.05) is 0 Å². The molecule has 0 aliphatic carbocycles. The highest BCUT2D eigenvalue weighted by atomic mass is 16.2. The zero-order valence-corrected chi connectivity index (χ0v) is 11.1. The van der Waals surface area contributed by atoms with Gasteiger partial charge < -0.3 is 15.0 Å². The molecule has 21 heavy (non-hydrogen) atoms. The van der Waals surface area contributed by atoms with E-state index in [0.29, 0.717) is 23.9 Å².